The maximum atomic E-state index is 6.03. The molecule has 1 aromatic carbocycles. The highest BCUT2D eigenvalue weighted by atomic mass is 35.5. The molecule has 1 aliphatic rings. The van der Waals surface area contributed by atoms with Gasteiger partial charge in [0.2, 0.25) is 0 Å². The zero-order chi connectivity index (χ0) is 19.6. The van der Waals surface area contributed by atoms with E-state index in [2.05, 4.69) is 38.8 Å². The number of benzene rings is 1. The van der Waals surface area contributed by atoms with E-state index in [1.165, 1.54) is 76.1 Å². The molecule has 154 valence electrons. The van der Waals surface area contributed by atoms with E-state index >= 15 is 0 Å². The number of aromatic amines is 1. The van der Waals surface area contributed by atoms with E-state index in [-0.39, 0.29) is 0 Å². The van der Waals surface area contributed by atoms with E-state index in [0.717, 1.165) is 23.9 Å². The molecule has 0 aliphatic carbocycles. The molecule has 0 radical (unpaired) electrons. The van der Waals surface area contributed by atoms with Crippen molar-refractivity contribution in [1.82, 2.24) is 19.8 Å². The number of H-pyrrole nitrogens is 1. The van der Waals surface area contributed by atoms with Crippen molar-refractivity contribution < 1.29 is 0 Å². The highest BCUT2D eigenvalue weighted by molar-refractivity contribution is 6.30. The standard InChI is InChI=1S/C23H35ClN4/c1-2-12-28(17-20-6-8-22(24)9-7-20)18-21-10-14-27(15-11-21)13-4-3-5-23-16-25-19-26-23/h6-9,16,19,21H,2-5,10-15,17-18H2,1H3,(H,25,26). The highest BCUT2D eigenvalue weighted by Crippen LogP contribution is 2.21. The molecule has 2 aromatic rings. The Morgan fingerprint density at radius 2 is 1.96 bits per heavy atom. The van der Waals surface area contributed by atoms with E-state index < -0.39 is 0 Å². The largest absolute Gasteiger partial charge is 0.348 e. The molecule has 0 unspecified atom stereocenters. The zero-order valence-corrected chi connectivity index (χ0v) is 18.0. The Kier molecular flexibility index (Phi) is 8.84. The van der Waals surface area contributed by atoms with Crippen LogP contribution in [0, 0.1) is 5.92 Å². The smallest absolute Gasteiger partial charge is 0.0921 e. The number of likely N-dealkylation sites (tertiary alicyclic amines) is 1. The summed E-state index contributed by atoms with van der Waals surface area (Å²) in [6, 6.07) is 8.34. The van der Waals surface area contributed by atoms with Gasteiger partial charge in [0.1, 0.15) is 0 Å². The number of aromatic nitrogens is 2. The Morgan fingerprint density at radius 1 is 1.18 bits per heavy atom. The van der Waals surface area contributed by atoms with Gasteiger partial charge < -0.3 is 9.88 Å². The monoisotopic (exact) mass is 402 g/mol. The molecular weight excluding hydrogens is 368 g/mol. The summed E-state index contributed by atoms with van der Waals surface area (Å²) in [7, 11) is 0. The van der Waals surface area contributed by atoms with Crippen LogP contribution < -0.4 is 0 Å². The van der Waals surface area contributed by atoms with Gasteiger partial charge >= 0.3 is 0 Å². The molecule has 0 amide bonds. The van der Waals surface area contributed by atoms with E-state index in [0.29, 0.717) is 0 Å². The predicted octanol–water partition coefficient (Wildman–Crippen LogP) is 5.01. The van der Waals surface area contributed by atoms with Crippen molar-refractivity contribution in [3.05, 3.63) is 53.1 Å². The molecule has 1 aliphatic heterocycles. The van der Waals surface area contributed by atoms with Crippen LogP contribution in [0.3, 0.4) is 0 Å². The third-order valence-electron chi connectivity index (χ3n) is 5.81. The molecule has 0 spiro atoms. The van der Waals surface area contributed by atoms with Crippen molar-refractivity contribution in [3.8, 4) is 0 Å². The van der Waals surface area contributed by atoms with Crippen LogP contribution in [-0.4, -0.2) is 52.5 Å². The summed E-state index contributed by atoms with van der Waals surface area (Å²) in [5, 5.41) is 0.822. The Labute approximate surface area is 175 Å². The fourth-order valence-electron chi connectivity index (χ4n) is 4.23. The van der Waals surface area contributed by atoms with E-state index in [1.54, 1.807) is 6.33 Å². The molecule has 1 saturated heterocycles. The molecular formula is C23H35ClN4. The SMILES string of the molecule is CCCN(Cc1ccc(Cl)cc1)CC1CCN(CCCCc2cnc[nH]2)CC1. The second-order valence-electron chi connectivity index (χ2n) is 8.18. The quantitative estimate of drug-likeness (QED) is 0.536. The van der Waals surface area contributed by atoms with Gasteiger partial charge in [0.05, 0.1) is 6.33 Å². The number of hydrogen-bond donors (Lipinski definition) is 1. The fourth-order valence-corrected chi connectivity index (χ4v) is 4.36. The Hall–Kier alpha value is -1.36. The minimum absolute atomic E-state index is 0.822. The summed E-state index contributed by atoms with van der Waals surface area (Å²) in [5.41, 5.74) is 2.63. The average molecular weight is 403 g/mol. The molecule has 4 nitrogen and oxygen atoms in total. The number of unbranched alkanes of at least 4 members (excludes halogenated alkanes) is 1. The number of imidazole rings is 1. The molecule has 1 fully saturated rings. The number of aryl methyl sites for hydroxylation is 1. The van der Waals surface area contributed by atoms with Crippen molar-refractivity contribution in [2.75, 3.05) is 32.7 Å². The summed E-state index contributed by atoms with van der Waals surface area (Å²) in [4.78, 5) is 12.6. The third-order valence-corrected chi connectivity index (χ3v) is 6.06. The lowest BCUT2D eigenvalue weighted by Crippen LogP contribution is -2.39. The topological polar surface area (TPSA) is 35.2 Å². The Morgan fingerprint density at radius 3 is 2.64 bits per heavy atom. The Bertz CT molecular complexity index is 648. The van der Waals surface area contributed by atoms with E-state index in [4.69, 9.17) is 11.6 Å². The summed E-state index contributed by atoms with van der Waals surface area (Å²) in [5.74, 6) is 0.833. The van der Waals surface area contributed by atoms with Crippen LogP contribution in [0.1, 0.15) is 50.3 Å². The first kappa shape index (κ1) is 21.4. The van der Waals surface area contributed by atoms with Gasteiger partial charge in [-0.3, -0.25) is 4.90 Å². The maximum absolute atomic E-state index is 6.03. The van der Waals surface area contributed by atoms with Gasteiger partial charge in [-0.05, 0) is 88.3 Å². The van der Waals surface area contributed by atoms with E-state index in [1.807, 2.05) is 18.3 Å². The molecule has 3 rings (SSSR count). The maximum Gasteiger partial charge on any atom is 0.0921 e. The van der Waals surface area contributed by atoms with Gasteiger partial charge in [0, 0.05) is 30.0 Å². The van der Waals surface area contributed by atoms with Crippen molar-refractivity contribution in [2.45, 2.75) is 52.0 Å². The summed E-state index contributed by atoms with van der Waals surface area (Å²) >= 11 is 6.03. The van der Waals surface area contributed by atoms with Crippen molar-refractivity contribution >= 4 is 11.6 Å². The molecule has 1 N–H and O–H groups in total. The molecule has 1 aromatic heterocycles. The van der Waals surface area contributed by atoms with Crippen LogP contribution in [0.2, 0.25) is 5.02 Å². The van der Waals surface area contributed by atoms with Gasteiger partial charge in [0.15, 0.2) is 0 Å². The minimum Gasteiger partial charge on any atom is -0.348 e. The fraction of sp³-hybridized carbons (Fsp3) is 0.609. The second-order valence-corrected chi connectivity index (χ2v) is 8.62. The summed E-state index contributed by atoms with van der Waals surface area (Å²) < 4.78 is 0. The van der Waals surface area contributed by atoms with Crippen LogP contribution in [0.25, 0.3) is 0 Å². The third kappa shape index (κ3) is 7.23. The van der Waals surface area contributed by atoms with Gasteiger partial charge in [-0.1, -0.05) is 30.7 Å². The first-order valence-electron chi connectivity index (χ1n) is 10.9. The first-order chi connectivity index (χ1) is 13.7. The van der Waals surface area contributed by atoms with Crippen molar-refractivity contribution in [1.29, 1.82) is 0 Å². The number of piperidine rings is 1. The lowest BCUT2D eigenvalue weighted by molar-refractivity contribution is 0.138. The molecule has 0 bridgehead atoms. The highest BCUT2D eigenvalue weighted by Gasteiger charge is 2.21. The molecule has 0 atom stereocenters. The molecule has 0 saturated carbocycles. The van der Waals surface area contributed by atoms with Gasteiger partial charge in [-0.2, -0.15) is 0 Å². The lowest BCUT2D eigenvalue weighted by Gasteiger charge is -2.35. The van der Waals surface area contributed by atoms with Crippen LogP contribution in [0.5, 0.6) is 0 Å². The van der Waals surface area contributed by atoms with Gasteiger partial charge in [-0.15, -0.1) is 0 Å². The van der Waals surface area contributed by atoms with E-state index in [9.17, 15) is 0 Å². The average Bonchev–Trinajstić information content (AvgIpc) is 3.22. The minimum atomic E-state index is 0.822. The molecule has 2 heterocycles. The summed E-state index contributed by atoms with van der Waals surface area (Å²) in [6.07, 6.45) is 11.2. The predicted molar refractivity (Wildman–Crippen MR) is 118 cm³/mol. The van der Waals surface area contributed by atoms with Crippen LogP contribution in [-0.2, 0) is 13.0 Å². The van der Waals surface area contributed by atoms with Crippen molar-refractivity contribution in [3.63, 3.8) is 0 Å². The molecule has 28 heavy (non-hydrogen) atoms. The molecule has 5 heteroatoms. The Balaban J connectivity index is 1.35. The van der Waals surface area contributed by atoms with Crippen LogP contribution in [0.15, 0.2) is 36.8 Å². The normalized spacial score (nSPS) is 16.1. The summed E-state index contributed by atoms with van der Waals surface area (Å²) in [6.45, 7) is 9.48. The first-order valence-corrected chi connectivity index (χ1v) is 11.3. The van der Waals surface area contributed by atoms with Crippen molar-refractivity contribution in [2.24, 2.45) is 5.92 Å². The van der Waals surface area contributed by atoms with Gasteiger partial charge in [-0.25, -0.2) is 4.98 Å². The van der Waals surface area contributed by atoms with Crippen LogP contribution in [0.4, 0.5) is 0 Å². The number of nitrogens with zero attached hydrogens (tertiary/aromatic N) is 3. The lowest BCUT2D eigenvalue weighted by atomic mass is 9.95. The van der Waals surface area contributed by atoms with Crippen LogP contribution >= 0.6 is 11.6 Å². The number of hydrogen-bond acceptors (Lipinski definition) is 3. The number of halogens is 1. The second kappa shape index (κ2) is 11.6. The van der Waals surface area contributed by atoms with Gasteiger partial charge in [0.25, 0.3) is 0 Å². The zero-order valence-electron chi connectivity index (χ0n) is 17.2. The number of nitrogens with one attached hydrogen (secondary N) is 1. The number of rotatable bonds is 11.